The number of rotatable bonds is 9. The number of aromatic nitrogens is 2. The number of ether oxygens (including phenoxy) is 1. The third-order valence-electron chi connectivity index (χ3n) is 4.88. The van der Waals surface area contributed by atoms with Crippen LogP contribution >= 0.6 is 15.9 Å². The molecule has 4 rings (SSSR count). The molecule has 0 aliphatic heterocycles. The van der Waals surface area contributed by atoms with Crippen LogP contribution in [-0.2, 0) is 19.6 Å². The van der Waals surface area contributed by atoms with E-state index in [1.54, 1.807) is 12.1 Å². The average Bonchev–Trinajstić information content (AvgIpc) is 3.17. The smallest absolute Gasteiger partial charge is 0.129 e. The van der Waals surface area contributed by atoms with Gasteiger partial charge in [-0.1, -0.05) is 46.3 Å². The lowest BCUT2D eigenvalue weighted by Gasteiger charge is -2.13. The molecule has 154 valence electrons. The molecule has 0 saturated heterocycles. The minimum absolute atomic E-state index is 0.202. The fourth-order valence-corrected chi connectivity index (χ4v) is 3.73. The molecule has 0 saturated carbocycles. The Bertz CT molecular complexity index is 1100. The van der Waals surface area contributed by atoms with Crippen LogP contribution in [0.4, 0.5) is 4.39 Å². The lowest BCUT2D eigenvalue weighted by Crippen LogP contribution is -2.16. The van der Waals surface area contributed by atoms with E-state index in [-0.39, 0.29) is 12.4 Å². The summed E-state index contributed by atoms with van der Waals surface area (Å²) in [5, 5.41) is 3.47. The van der Waals surface area contributed by atoms with Gasteiger partial charge in [-0.25, -0.2) is 9.37 Å². The third kappa shape index (κ3) is 5.26. The molecule has 1 aromatic heterocycles. The molecule has 4 aromatic rings. The fraction of sp³-hybridized carbons (Fsp3) is 0.208. The molecule has 0 bridgehead atoms. The van der Waals surface area contributed by atoms with Gasteiger partial charge in [-0.3, -0.25) is 0 Å². The standard InChI is InChI=1S/C24H23BrFN3O/c25-19-11-12-23(30-16-17-6-1-2-7-20(17)26)18(14-19)15-27-13-5-10-24-28-21-8-3-4-9-22(21)29-24/h1-4,6-9,11-12,14,27H,5,10,13,15-16H2,(H,28,29). The molecule has 0 fully saturated rings. The summed E-state index contributed by atoms with van der Waals surface area (Å²) in [5.41, 5.74) is 3.66. The largest absolute Gasteiger partial charge is 0.488 e. The number of aryl methyl sites for hydroxylation is 1. The number of nitrogens with one attached hydrogen (secondary N) is 2. The van der Waals surface area contributed by atoms with Crippen molar-refractivity contribution in [2.75, 3.05) is 6.54 Å². The van der Waals surface area contributed by atoms with Gasteiger partial charge in [-0.2, -0.15) is 0 Å². The zero-order valence-electron chi connectivity index (χ0n) is 16.5. The highest BCUT2D eigenvalue weighted by Crippen LogP contribution is 2.24. The van der Waals surface area contributed by atoms with E-state index in [1.165, 1.54) is 6.07 Å². The van der Waals surface area contributed by atoms with E-state index in [0.29, 0.717) is 12.1 Å². The van der Waals surface area contributed by atoms with Crippen LogP contribution in [0.2, 0.25) is 0 Å². The first-order chi connectivity index (χ1) is 14.7. The highest BCUT2D eigenvalue weighted by molar-refractivity contribution is 9.10. The molecule has 6 heteroatoms. The number of benzene rings is 3. The van der Waals surface area contributed by atoms with Gasteiger partial charge in [0, 0.05) is 28.6 Å². The predicted octanol–water partition coefficient (Wildman–Crippen LogP) is 5.77. The summed E-state index contributed by atoms with van der Waals surface area (Å²) in [6.45, 7) is 1.73. The topological polar surface area (TPSA) is 49.9 Å². The number of imidazole rings is 1. The Morgan fingerprint density at radius 3 is 2.70 bits per heavy atom. The predicted molar refractivity (Wildman–Crippen MR) is 121 cm³/mol. The van der Waals surface area contributed by atoms with Crippen molar-refractivity contribution in [3.63, 3.8) is 0 Å². The number of H-pyrrole nitrogens is 1. The van der Waals surface area contributed by atoms with Crippen LogP contribution in [-0.4, -0.2) is 16.5 Å². The summed E-state index contributed by atoms with van der Waals surface area (Å²) in [7, 11) is 0. The second-order valence-corrected chi connectivity index (χ2v) is 8.03. The normalized spacial score (nSPS) is 11.1. The Morgan fingerprint density at radius 1 is 1.00 bits per heavy atom. The average molecular weight is 468 g/mol. The first-order valence-corrected chi connectivity index (χ1v) is 10.8. The van der Waals surface area contributed by atoms with Gasteiger partial charge >= 0.3 is 0 Å². The van der Waals surface area contributed by atoms with Crippen molar-refractivity contribution < 1.29 is 9.13 Å². The van der Waals surface area contributed by atoms with Gasteiger partial charge < -0.3 is 15.0 Å². The number of halogens is 2. The Balaban J connectivity index is 1.29. The summed E-state index contributed by atoms with van der Waals surface area (Å²) >= 11 is 3.52. The van der Waals surface area contributed by atoms with E-state index in [0.717, 1.165) is 52.0 Å². The molecule has 0 unspecified atom stereocenters. The Kier molecular flexibility index (Phi) is 6.77. The molecule has 4 nitrogen and oxygen atoms in total. The SMILES string of the molecule is Fc1ccccc1COc1ccc(Br)cc1CNCCCc1nc2ccccc2[nH]1. The molecule has 1 heterocycles. The molecule has 0 radical (unpaired) electrons. The van der Waals surface area contributed by atoms with Gasteiger partial charge in [0.2, 0.25) is 0 Å². The number of para-hydroxylation sites is 2. The van der Waals surface area contributed by atoms with Crippen LogP contribution in [0.5, 0.6) is 5.75 Å². The molecule has 0 amide bonds. The summed E-state index contributed by atoms with van der Waals surface area (Å²) in [4.78, 5) is 7.98. The third-order valence-corrected chi connectivity index (χ3v) is 5.38. The van der Waals surface area contributed by atoms with Crippen LogP contribution < -0.4 is 10.1 Å². The molecule has 0 atom stereocenters. The van der Waals surface area contributed by atoms with Gasteiger partial charge in [-0.05, 0) is 49.4 Å². The van der Waals surface area contributed by atoms with Gasteiger partial charge in [0.25, 0.3) is 0 Å². The lowest BCUT2D eigenvalue weighted by molar-refractivity contribution is 0.296. The molecule has 3 aromatic carbocycles. The molecule has 30 heavy (non-hydrogen) atoms. The van der Waals surface area contributed by atoms with E-state index in [9.17, 15) is 4.39 Å². The molecule has 0 aliphatic rings. The Labute approximate surface area is 183 Å². The van der Waals surface area contributed by atoms with Crippen LogP contribution in [0.1, 0.15) is 23.4 Å². The number of fused-ring (bicyclic) bond motifs is 1. The monoisotopic (exact) mass is 467 g/mol. The van der Waals surface area contributed by atoms with E-state index in [2.05, 4.69) is 31.2 Å². The van der Waals surface area contributed by atoms with Crippen LogP contribution in [0, 0.1) is 5.82 Å². The molecule has 0 aliphatic carbocycles. The second-order valence-electron chi connectivity index (χ2n) is 7.11. The highest BCUT2D eigenvalue weighted by atomic mass is 79.9. The number of hydrogen-bond acceptors (Lipinski definition) is 3. The van der Waals surface area contributed by atoms with Crippen molar-refractivity contribution >= 4 is 27.0 Å². The Hall–Kier alpha value is -2.70. The maximum atomic E-state index is 13.8. The van der Waals surface area contributed by atoms with Crippen molar-refractivity contribution in [1.82, 2.24) is 15.3 Å². The molecule has 0 spiro atoms. The van der Waals surface area contributed by atoms with Crippen molar-refractivity contribution in [1.29, 1.82) is 0 Å². The second kappa shape index (κ2) is 9.87. The first kappa shape index (κ1) is 20.6. The zero-order chi connectivity index (χ0) is 20.8. The van der Waals surface area contributed by atoms with Crippen molar-refractivity contribution in [3.05, 3.63) is 94.0 Å². The molecular formula is C24H23BrFN3O. The zero-order valence-corrected chi connectivity index (χ0v) is 18.1. The van der Waals surface area contributed by atoms with Crippen molar-refractivity contribution in [3.8, 4) is 5.75 Å². The summed E-state index contributed by atoms with van der Waals surface area (Å²) < 4.78 is 20.7. The summed E-state index contributed by atoms with van der Waals surface area (Å²) in [6, 6.07) is 20.6. The lowest BCUT2D eigenvalue weighted by atomic mass is 10.2. The maximum absolute atomic E-state index is 13.8. The van der Waals surface area contributed by atoms with Crippen molar-refractivity contribution in [2.45, 2.75) is 26.0 Å². The molecular weight excluding hydrogens is 445 g/mol. The number of aromatic amines is 1. The van der Waals surface area contributed by atoms with Crippen LogP contribution in [0.25, 0.3) is 11.0 Å². The number of hydrogen-bond donors (Lipinski definition) is 2. The van der Waals surface area contributed by atoms with E-state index in [1.807, 2.05) is 48.5 Å². The van der Waals surface area contributed by atoms with E-state index in [4.69, 9.17) is 4.74 Å². The first-order valence-electron chi connectivity index (χ1n) is 9.98. The summed E-state index contributed by atoms with van der Waals surface area (Å²) in [5.74, 6) is 1.51. The van der Waals surface area contributed by atoms with Gasteiger partial charge in [0.05, 0.1) is 11.0 Å². The fourth-order valence-electron chi connectivity index (χ4n) is 3.33. The minimum Gasteiger partial charge on any atom is -0.488 e. The van der Waals surface area contributed by atoms with Crippen LogP contribution in [0.15, 0.2) is 71.2 Å². The van der Waals surface area contributed by atoms with Crippen molar-refractivity contribution in [2.24, 2.45) is 0 Å². The minimum atomic E-state index is -0.250. The van der Waals surface area contributed by atoms with Gasteiger partial charge in [0.1, 0.15) is 24.0 Å². The highest BCUT2D eigenvalue weighted by Gasteiger charge is 2.08. The molecule has 2 N–H and O–H groups in total. The van der Waals surface area contributed by atoms with Gasteiger partial charge in [-0.15, -0.1) is 0 Å². The number of nitrogens with zero attached hydrogens (tertiary/aromatic N) is 1. The van der Waals surface area contributed by atoms with Gasteiger partial charge in [0.15, 0.2) is 0 Å². The quantitative estimate of drug-likeness (QED) is 0.307. The maximum Gasteiger partial charge on any atom is 0.129 e. The van der Waals surface area contributed by atoms with E-state index < -0.39 is 0 Å². The van der Waals surface area contributed by atoms with E-state index >= 15 is 0 Å². The van der Waals surface area contributed by atoms with Crippen LogP contribution in [0.3, 0.4) is 0 Å². The Morgan fingerprint density at radius 2 is 1.83 bits per heavy atom. The summed E-state index contributed by atoms with van der Waals surface area (Å²) in [6.07, 6.45) is 1.86.